The Hall–Kier alpha value is -1.06. The molecule has 0 bridgehead atoms. The predicted octanol–water partition coefficient (Wildman–Crippen LogP) is 0.766. The van der Waals surface area contributed by atoms with Crippen LogP contribution in [0.3, 0.4) is 0 Å². The fourth-order valence-corrected chi connectivity index (χ4v) is 1.20. The van der Waals surface area contributed by atoms with Crippen molar-refractivity contribution < 1.29 is 14.7 Å². The summed E-state index contributed by atoms with van der Waals surface area (Å²) in [6, 6.07) is 0. The number of carboxylic acid groups (broad SMARTS) is 1. The van der Waals surface area contributed by atoms with Crippen LogP contribution in [0.25, 0.3) is 0 Å². The summed E-state index contributed by atoms with van der Waals surface area (Å²) in [5.41, 5.74) is -0.633. The van der Waals surface area contributed by atoms with E-state index in [4.69, 9.17) is 5.11 Å². The highest BCUT2D eigenvalue weighted by atomic mass is 16.4. The second-order valence-corrected chi connectivity index (χ2v) is 4.22. The minimum atomic E-state index is -0.888. The molecule has 0 aliphatic heterocycles. The molecule has 0 spiro atoms. The Labute approximate surface area is 77.3 Å². The highest BCUT2D eigenvalue weighted by Gasteiger charge is 2.33. The lowest BCUT2D eigenvalue weighted by Crippen LogP contribution is -2.45. The number of amides is 1. The van der Waals surface area contributed by atoms with Crippen molar-refractivity contribution in [1.29, 1.82) is 0 Å². The molecule has 4 heteroatoms. The van der Waals surface area contributed by atoms with E-state index in [1.165, 1.54) is 0 Å². The minimum absolute atomic E-state index is 0.00810. The SMILES string of the molecule is CC(C)(CC(=O)O)NC(=O)C1CC1. The molecule has 1 aliphatic rings. The Morgan fingerprint density at radius 2 is 2.00 bits per heavy atom. The standard InChI is InChI=1S/C9H15NO3/c1-9(2,5-7(11)12)10-8(13)6-3-4-6/h6H,3-5H2,1-2H3,(H,10,13)(H,11,12). The van der Waals surface area contributed by atoms with Crippen molar-refractivity contribution in [3.63, 3.8) is 0 Å². The van der Waals surface area contributed by atoms with Crippen molar-refractivity contribution in [2.24, 2.45) is 5.92 Å². The molecule has 1 aliphatic carbocycles. The molecule has 1 saturated carbocycles. The largest absolute Gasteiger partial charge is 0.481 e. The fraction of sp³-hybridized carbons (Fsp3) is 0.778. The monoisotopic (exact) mass is 185 g/mol. The number of hydrogen-bond donors (Lipinski definition) is 2. The van der Waals surface area contributed by atoms with Gasteiger partial charge in [-0.25, -0.2) is 0 Å². The predicted molar refractivity (Wildman–Crippen MR) is 47.2 cm³/mol. The van der Waals surface area contributed by atoms with E-state index in [1.54, 1.807) is 13.8 Å². The van der Waals surface area contributed by atoms with Gasteiger partial charge in [0.25, 0.3) is 0 Å². The first-order valence-electron chi connectivity index (χ1n) is 4.44. The van der Waals surface area contributed by atoms with Crippen LogP contribution >= 0.6 is 0 Å². The second kappa shape index (κ2) is 3.36. The molecule has 0 aromatic heterocycles. The molecule has 2 N–H and O–H groups in total. The van der Waals surface area contributed by atoms with E-state index in [0.717, 1.165) is 12.8 Å². The fourth-order valence-electron chi connectivity index (χ4n) is 1.20. The van der Waals surface area contributed by atoms with Crippen molar-refractivity contribution in [3.8, 4) is 0 Å². The van der Waals surface area contributed by atoms with Gasteiger partial charge in [0.15, 0.2) is 0 Å². The maximum atomic E-state index is 11.3. The molecular formula is C9H15NO3. The summed E-state index contributed by atoms with van der Waals surface area (Å²) in [4.78, 5) is 21.7. The van der Waals surface area contributed by atoms with Gasteiger partial charge in [-0.15, -0.1) is 0 Å². The Bertz CT molecular complexity index is 231. The van der Waals surface area contributed by atoms with Gasteiger partial charge in [0.2, 0.25) is 5.91 Å². The number of aliphatic carboxylic acids is 1. The topological polar surface area (TPSA) is 66.4 Å². The molecule has 13 heavy (non-hydrogen) atoms. The molecule has 4 nitrogen and oxygen atoms in total. The van der Waals surface area contributed by atoms with Crippen LogP contribution in [0.2, 0.25) is 0 Å². The van der Waals surface area contributed by atoms with Gasteiger partial charge < -0.3 is 10.4 Å². The van der Waals surface area contributed by atoms with Crippen LogP contribution < -0.4 is 5.32 Å². The van der Waals surface area contributed by atoms with Crippen LogP contribution in [0.5, 0.6) is 0 Å². The molecule has 0 atom stereocenters. The van der Waals surface area contributed by atoms with Crippen molar-refractivity contribution in [1.82, 2.24) is 5.32 Å². The van der Waals surface area contributed by atoms with Gasteiger partial charge in [0.05, 0.1) is 6.42 Å². The van der Waals surface area contributed by atoms with Crippen LogP contribution in [0.4, 0.5) is 0 Å². The van der Waals surface area contributed by atoms with Crippen LogP contribution in [0.1, 0.15) is 33.1 Å². The first-order valence-corrected chi connectivity index (χ1v) is 4.44. The molecule has 1 fully saturated rings. The highest BCUT2D eigenvalue weighted by Crippen LogP contribution is 2.29. The molecular weight excluding hydrogens is 170 g/mol. The zero-order valence-electron chi connectivity index (χ0n) is 7.96. The number of carbonyl (C=O) groups excluding carboxylic acids is 1. The summed E-state index contributed by atoms with van der Waals surface area (Å²) < 4.78 is 0. The maximum Gasteiger partial charge on any atom is 0.305 e. The summed E-state index contributed by atoms with van der Waals surface area (Å²) in [7, 11) is 0. The smallest absolute Gasteiger partial charge is 0.305 e. The summed E-state index contributed by atoms with van der Waals surface area (Å²) in [5.74, 6) is -0.764. The Kier molecular flexibility index (Phi) is 2.59. The van der Waals surface area contributed by atoms with E-state index in [-0.39, 0.29) is 18.2 Å². The number of rotatable bonds is 4. The Morgan fingerprint density at radius 1 is 1.46 bits per heavy atom. The molecule has 0 radical (unpaired) electrons. The van der Waals surface area contributed by atoms with Gasteiger partial charge >= 0.3 is 5.97 Å². The number of hydrogen-bond acceptors (Lipinski definition) is 2. The zero-order chi connectivity index (χ0) is 10.1. The van der Waals surface area contributed by atoms with Crippen LogP contribution in [0.15, 0.2) is 0 Å². The normalized spacial score (nSPS) is 16.8. The maximum absolute atomic E-state index is 11.3. The van der Waals surface area contributed by atoms with E-state index in [0.29, 0.717) is 0 Å². The van der Waals surface area contributed by atoms with E-state index < -0.39 is 11.5 Å². The molecule has 1 amide bonds. The lowest BCUT2D eigenvalue weighted by atomic mass is 10.0. The molecule has 1 rings (SSSR count). The van der Waals surface area contributed by atoms with E-state index in [1.807, 2.05) is 0 Å². The molecule has 0 saturated heterocycles. The summed E-state index contributed by atoms with van der Waals surface area (Å²) in [6.45, 7) is 3.45. The minimum Gasteiger partial charge on any atom is -0.481 e. The van der Waals surface area contributed by atoms with Gasteiger partial charge in [-0.3, -0.25) is 9.59 Å². The highest BCUT2D eigenvalue weighted by molar-refractivity contribution is 5.82. The average Bonchev–Trinajstić information content (AvgIpc) is 2.60. The van der Waals surface area contributed by atoms with Gasteiger partial charge in [-0.1, -0.05) is 0 Å². The van der Waals surface area contributed by atoms with Gasteiger partial charge in [0.1, 0.15) is 0 Å². The van der Waals surface area contributed by atoms with Gasteiger partial charge in [0, 0.05) is 11.5 Å². The average molecular weight is 185 g/mol. The van der Waals surface area contributed by atoms with Crippen LogP contribution in [0, 0.1) is 5.92 Å². The van der Waals surface area contributed by atoms with Crippen LogP contribution in [-0.2, 0) is 9.59 Å². The van der Waals surface area contributed by atoms with Crippen LogP contribution in [-0.4, -0.2) is 22.5 Å². The molecule has 0 aromatic rings. The molecule has 74 valence electrons. The number of nitrogens with one attached hydrogen (secondary N) is 1. The Balaban J connectivity index is 2.39. The number of carbonyl (C=O) groups is 2. The van der Waals surface area contributed by atoms with E-state index in [2.05, 4.69) is 5.32 Å². The molecule has 0 unspecified atom stereocenters. The van der Waals surface area contributed by atoms with Crippen molar-refractivity contribution in [3.05, 3.63) is 0 Å². The Morgan fingerprint density at radius 3 is 2.38 bits per heavy atom. The zero-order valence-corrected chi connectivity index (χ0v) is 7.96. The summed E-state index contributed by atoms with van der Waals surface area (Å²) in [5, 5.41) is 11.3. The van der Waals surface area contributed by atoms with Gasteiger partial charge in [-0.2, -0.15) is 0 Å². The first-order chi connectivity index (χ1) is 5.91. The quantitative estimate of drug-likeness (QED) is 0.679. The molecule has 0 aromatic carbocycles. The third-order valence-corrected chi connectivity index (χ3v) is 2.00. The lowest BCUT2D eigenvalue weighted by molar-refractivity contribution is -0.138. The second-order valence-electron chi connectivity index (χ2n) is 4.22. The lowest BCUT2D eigenvalue weighted by Gasteiger charge is -2.24. The van der Waals surface area contributed by atoms with Crippen molar-refractivity contribution in [2.45, 2.75) is 38.6 Å². The third kappa shape index (κ3) is 3.44. The third-order valence-electron chi connectivity index (χ3n) is 2.00. The molecule has 0 heterocycles. The summed E-state index contributed by atoms with van der Waals surface area (Å²) >= 11 is 0. The summed E-state index contributed by atoms with van der Waals surface area (Å²) in [6.07, 6.45) is 1.84. The van der Waals surface area contributed by atoms with E-state index >= 15 is 0 Å². The number of carboxylic acids is 1. The first kappa shape index (κ1) is 10.0. The van der Waals surface area contributed by atoms with Gasteiger partial charge in [-0.05, 0) is 26.7 Å². The van der Waals surface area contributed by atoms with Crippen molar-refractivity contribution >= 4 is 11.9 Å². The van der Waals surface area contributed by atoms with E-state index in [9.17, 15) is 9.59 Å². The van der Waals surface area contributed by atoms with Crippen molar-refractivity contribution in [2.75, 3.05) is 0 Å².